The van der Waals surface area contributed by atoms with Crippen molar-refractivity contribution < 1.29 is 23.0 Å². The Balaban J connectivity index is 1.38. The molecule has 0 radical (unpaired) electrons. The van der Waals surface area contributed by atoms with Crippen molar-refractivity contribution in [2.75, 3.05) is 27.3 Å². The molecule has 1 fully saturated rings. The molecule has 0 unspecified atom stereocenters. The van der Waals surface area contributed by atoms with Crippen LogP contribution in [0.5, 0.6) is 11.5 Å². The molecule has 1 N–H and O–H groups in total. The van der Waals surface area contributed by atoms with Crippen LogP contribution in [0.1, 0.15) is 40.9 Å². The molecule has 1 aliphatic heterocycles. The minimum absolute atomic E-state index is 0.0504. The van der Waals surface area contributed by atoms with E-state index in [1.165, 1.54) is 0 Å². The molecular formula is C25H29F2N3O3. The topological polar surface area (TPSA) is 55.7 Å². The van der Waals surface area contributed by atoms with E-state index in [1.807, 2.05) is 19.1 Å². The molecule has 0 bridgehead atoms. The Morgan fingerprint density at radius 3 is 2.36 bits per heavy atom. The molecule has 0 aliphatic carbocycles. The van der Waals surface area contributed by atoms with Crippen LogP contribution in [-0.4, -0.2) is 48.7 Å². The molecule has 1 saturated heterocycles. The summed E-state index contributed by atoms with van der Waals surface area (Å²) >= 11 is 0. The third-order valence-corrected chi connectivity index (χ3v) is 6.36. The predicted molar refractivity (Wildman–Crippen MR) is 123 cm³/mol. The second-order valence-electron chi connectivity index (χ2n) is 8.39. The highest BCUT2D eigenvalue weighted by atomic mass is 19.3. The van der Waals surface area contributed by atoms with Crippen LogP contribution < -0.4 is 14.8 Å². The van der Waals surface area contributed by atoms with Crippen LogP contribution >= 0.6 is 0 Å². The van der Waals surface area contributed by atoms with Gasteiger partial charge in [0, 0.05) is 48.4 Å². The van der Waals surface area contributed by atoms with Crippen LogP contribution in [0.3, 0.4) is 0 Å². The molecule has 1 amide bonds. The maximum Gasteiger partial charge on any atom is 0.319 e. The summed E-state index contributed by atoms with van der Waals surface area (Å²) in [7, 11) is 3.13. The number of hydrogen-bond donors (Lipinski definition) is 1. The highest BCUT2D eigenvalue weighted by molar-refractivity contribution is 5.95. The largest absolute Gasteiger partial charge is 0.496 e. The SMILES string of the molecule is COc1cc(C(=O)NC2CCN(Cc3cn(C(F)F)c4ccccc34)CC2)cc(OC)c1C. The third kappa shape index (κ3) is 4.80. The Labute approximate surface area is 192 Å². The van der Waals surface area contributed by atoms with Crippen LogP contribution in [-0.2, 0) is 6.54 Å². The summed E-state index contributed by atoms with van der Waals surface area (Å²) in [6, 6.07) is 10.8. The number of amides is 1. The van der Waals surface area contributed by atoms with E-state index in [0.29, 0.717) is 29.1 Å². The highest BCUT2D eigenvalue weighted by Crippen LogP contribution is 2.30. The fourth-order valence-corrected chi connectivity index (χ4v) is 4.53. The van der Waals surface area contributed by atoms with E-state index in [4.69, 9.17) is 9.47 Å². The van der Waals surface area contributed by atoms with Gasteiger partial charge in [-0.05, 0) is 43.5 Å². The van der Waals surface area contributed by atoms with Crippen LogP contribution in [0, 0.1) is 6.92 Å². The minimum Gasteiger partial charge on any atom is -0.496 e. The molecule has 6 nitrogen and oxygen atoms in total. The first-order valence-electron chi connectivity index (χ1n) is 11.0. The van der Waals surface area contributed by atoms with Gasteiger partial charge in [-0.15, -0.1) is 0 Å². The van der Waals surface area contributed by atoms with Crippen molar-refractivity contribution in [2.45, 2.75) is 38.9 Å². The number of nitrogens with one attached hydrogen (secondary N) is 1. The van der Waals surface area contributed by atoms with Crippen molar-refractivity contribution >= 4 is 16.8 Å². The lowest BCUT2D eigenvalue weighted by atomic mass is 10.0. The lowest BCUT2D eigenvalue weighted by molar-refractivity contribution is 0.0749. The Bertz CT molecular complexity index is 1110. The van der Waals surface area contributed by atoms with Crippen LogP contribution in [0.25, 0.3) is 10.9 Å². The second-order valence-corrected chi connectivity index (χ2v) is 8.39. The summed E-state index contributed by atoms with van der Waals surface area (Å²) in [6.07, 6.45) is 3.14. The summed E-state index contributed by atoms with van der Waals surface area (Å²) < 4.78 is 38.6. The monoisotopic (exact) mass is 457 g/mol. The molecule has 2 heterocycles. The van der Waals surface area contributed by atoms with Gasteiger partial charge in [-0.2, -0.15) is 8.78 Å². The lowest BCUT2D eigenvalue weighted by Crippen LogP contribution is -2.44. The number of ether oxygens (including phenoxy) is 2. The summed E-state index contributed by atoms with van der Waals surface area (Å²) in [5, 5.41) is 3.97. The van der Waals surface area contributed by atoms with Crippen molar-refractivity contribution in [3.05, 3.63) is 59.3 Å². The first-order valence-corrected chi connectivity index (χ1v) is 11.0. The lowest BCUT2D eigenvalue weighted by Gasteiger charge is -2.32. The van der Waals surface area contributed by atoms with Gasteiger partial charge in [-0.3, -0.25) is 14.3 Å². The molecule has 1 aliphatic rings. The zero-order chi connectivity index (χ0) is 23.5. The number of likely N-dealkylation sites (tertiary alicyclic amines) is 1. The number of nitrogens with zero attached hydrogens (tertiary/aromatic N) is 2. The zero-order valence-electron chi connectivity index (χ0n) is 19.1. The molecule has 3 aromatic rings. The minimum atomic E-state index is -2.57. The van der Waals surface area contributed by atoms with Gasteiger partial charge < -0.3 is 14.8 Å². The quantitative estimate of drug-likeness (QED) is 0.556. The standard InChI is InChI=1S/C25H29F2N3O3/c1-16-22(32-2)12-17(13-23(16)33-3)24(31)28-19-8-10-29(11-9-19)14-18-15-30(25(26)27)21-7-5-4-6-20(18)21/h4-7,12-13,15,19,25H,8-11,14H2,1-3H3,(H,28,31). The first-order chi connectivity index (χ1) is 15.9. The normalized spacial score (nSPS) is 15.2. The fraction of sp³-hybridized carbons (Fsp3) is 0.400. The zero-order valence-corrected chi connectivity index (χ0v) is 19.1. The van der Waals surface area contributed by atoms with Crippen molar-refractivity contribution in [1.29, 1.82) is 0 Å². The van der Waals surface area contributed by atoms with Crippen LogP contribution in [0.15, 0.2) is 42.6 Å². The van der Waals surface area contributed by atoms with Gasteiger partial charge in [0.1, 0.15) is 11.5 Å². The molecule has 0 atom stereocenters. The second kappa shape index (κ2) is 9.79. The summed E-state index contributed by atoms with van der Waals surface area (Å²) in [5.41, 5.74) is 2.79. The van der Waals surface area contributed by atoms with E-state index >= 15 is 0 Å². The van der Waals surface area contributed by atoms with Crippen molar-refractivity contribution in [3.63, 3.8) is 0 Å². The van der Waals surface area contributed by atoms with E-state index < -0.39 is 6.55 Å². The summed E-state index contributed by atoms with van der Waals surface area (Å²) in [4.78, 5) is 15.1. The van der Waals surface area contributed by atoms with E-state index in [9.17, 15) is 13.6 Å². The molecule has 4 rings (SSSR count). The van der Waals surface area contributed by atoms with E-state index in [-0.39, 0.29) is 11.9 Å². The van der Waals surface area contributed by atoms with Crippen molar-refractivity contribution in [3.8, 4) is 11.5 Å². The number of para-hydroxylation sites is 1. The number of alkyl halides is 2. The van der Waals surface area contributed by atoms with Gasteiger partial charge in [0.05, 0.1) is 19.7 Å². The maximum absolute atomic E-state index is 13.4. The van der Waals surface area contributed by atoms with Gasteiger partial charge in [-0.1, -0.05) is 18.2 Å². The number of aromatic nitrogens is 1. The van der Waals surface area contributed by atoms with Crippen molar-refractivity contribution in [2.24, 2.45) is 0 Å². The number of benzene rings is 2. The number of halogens is 2. The Morgan fingerprint density at radius 1 is 1.12 bits per heavy atom. The average molecular weight is 458 g/mol. The average Bonchev–Trinajstić information content (AvgIpc) is 3.19. The molecule has 1 aromatic heterocycles. The number of methoxy groups -OCH3 is 2. The van der Waals surface area contributed by atoms with Gasteiger partial charge in [0.25, 0.3) is 5.91 Å². The third-order valence-electron chi connectivity index (χ3n) is 6.36. The molecule has 2 aromatic carbocycles. The number of piperidine rings is 1. The van der Waals surface area contributed by atoms with Gasteiger partial charge >= 0.3 is 6.55 Å². The van der Waals surface area contributed by atoms with Crippen LogP contribution in [0.2, 0.25) is 0 Å². The molecule has 176 valence electrons. The molecule has 8 heteroatoms. The smallest absolute Gasteiger partial charge is 0.319 e. The van der Waals surface area contributed by atoms with Crippen molar-refractivity contribution in [1.82, 2.24) is 14.8 Å². The molecule has 33 heavy (non-hydrogen) atoms. The number of carbonyl (C=O) groups excluding carboxylic acids is 1. The van der Waals surface area contributed by atoms with Gasteiger partial charge in [0.2, 0.25) is 0 Å². The van der Waals surface area contributed by atoms with E-state index in [0.717, 1.165) is 47.0 Å². The first kappa shape index (κ1) is 23.0. The fourth-order valence-electron chi connectivity index (χ4n) is 4.53. The Morgan fingerprint density at radius 2 is 1.76 bits per heavy atom. The summed E-state index contributed by atoms with van der Waals surface area (Å²) in [6.45, 7) is 1.48. The van der Waals surface area contributed by atoms with Crippen LogP contribution in [0.4, 0.5) is 8.78 Å². The van der Waals surface area contributed by atoms with Gasteiger partial charge in [0.15, 0.2) is 0 Å². The van der Waals surface area contributed by atoms with E-state index in [1.54, 1.807) is 44.7 Å². The number of hydrogen-bond acceptors (Lipinski definition) is 4. The number of carbonyl (C=O) groups is 1. The van der Waals surface area contributed by atoms with Gasteiger partial charge in [-0.25, -0.2) is 0 Å². The summed E-state index contributed by atoms with van der Waals surface area (Å²) in [5.74, 6) is 1.06. The Hall–Kier alpha value is -3.13. The predicted octanol–water partition coefficient (Wildman–Crippen LogP) is 4.76. The molecule has 0 spiro atoms. The number of rotatable bonds is 7. The number of fused-ring (bicyclic) bond motifs is 1. The molecular weight excluding hydrogens is 428 g/mol. The molecule has 0 saturated carbocycles. The Kier molecular flexibility index (Phi) is 6.83. The highest BCUT2D eigenvalue weighted by Gasteiger charge is 2.24. The van der Waals surface area contributed by atoms with E-state index in [2.05, 4.69) is 10.2 Å². The maximum atomic E-state index is 13.4.